The maximum absolute atomic E-state index is 11.7. The Balaban J connectivity index is 1.92. The summed E-state index contributed by atoms with van der Waals surface area (Å²) < 4.78 is 26.8. The van der Waals surface area contributed by atoms with Gasteiger partial charge in [0.05, 0.1) is 12.5 Å². The topological polar surface area (TPSA) is 70.8 Å². The van der Waals surface area contributed by atoms with Crippen molar-refractivity contribution in [3.63, 3.8) is 0 Å². The number of nitrogens with zero attached hydrogens (tertiary/aromatic N) is 5. The highest BCUT2D eigenvalue weighted by atomic mass is 32.2. The molecule has 0 N–H and O–H groups in total. The van der Waals surface area contributed by atoms with E-state index in [1.54, 1.807) is 10.5 Å². The van der Waals surface area contributed by atoms with Crippen LogP contribution in [0.1, 0.15) is 19.0 Å². The lowest BCUT2D eigenvalue weighted by atomic mass is 10.3. The third kappa shape index (κ3) is 2.93. The fourth-order valence-corrected chi connectivity index (χ4v) is 3.68. The molecule has 120 valence electrons. The molecular formula is C14H21N5O2S. The molecule has 0 spiro atoms. The van der Waals surface area contributed by atoms with E-state index in [1.807, 2.05) is 10.6 Å². The molecule has 3 rings (SSSR count). The van der Waals surface area contributed by atoms with Crippen LogP contribution in [-0.2, 0) is 16.4 Å². The Bertz CT molecular complexity index is 771. The minimum atomic E-state index is -3.13. The summed E-state index contributed by atoms with van der Waals surface area (Å²) in [5.41, 5.74) is 1.85. The second kappa shape index (κ2) is 5.85. The number of anilines is 1. The maximum atomic E-state index is 11.7. The van der Waals surface area contributed by atoms with Crippen LogP contribution in [0.5, 0.6) is 0 Å². The molecule has 1 fully saturated rings. The van der Waals surface area contributed by atoms with Crippen LogP contribution in [0.3, 0.4) is 0 Å². The molecule has 2 aromatic heterocycles. The Morgan fingerprint density at radius 2 is 2.05 bits per heavy atom. The van der Waals surface area contributed by atoms with Crippen LogP contribution < -0.4 is 4.90 Å². The Hall–Kier alpha value is -1.67. The summed E-state index contributed by atoms with van der Waals surface area (Å²) in [6.07, 6.45) is 4.68. The molecule has 0 aromatic carbocycles. The van der Waals surface area contributed by atoms with Gasteiger partial charge in [-0.25, -0.2) is 17.7 Å². The van der Waals surface area contributed by atoms with Crippen LogP contribution in [0.15, 0.2) is 18.3 Å². The molecule has 0 aliphatic carbocycles. The van der Waals surface area contributed by atoms with Gasteiger partial charge in [-0.1, -0.05) is 6.92 Å². The number of aryl methyl sites for hydroxylation is 1. The fraction of sp³-hybridized carbons (Fsp3) is 0.571. The molecule has 1 saturated heterocycles. The minimum absolute atomic E-state index is 0.505. The van der Waals surface area contributed by atoms with Gasteiger partial charge >= 0.3 is 0 Å². The lowest BCUT2D eigenvalue weighted by Crippen LogP contribution is -2.35. The number of fused-ring (bicyclic) bond motifs is 1. The van der Waals surface area contributed by atoms with Crippen LogP contribution in [0.4, 0.5) is 5.82 Å². The van der Waals surface area contributed by atoms with E-state index in [2.05, 4.69) is 28.0 Å². The molecule has 2 aromatic rings. The van der Waals surface area contributed by atoms with Crippen LogP contribution in [0, 0.1) is 0 Å². The van der Waals surface area contributed by atoms with Crippen molar-refractivity contribution in [2.24, 2.45) is 0 Å². The number of hydrogen-bond acceptors (Lipinski definition) is 5. The summed E-state index contributed by atoms with van der Waals surface area (Å²) in [6.45, 7) is 4.63. The molecule has 1 aliphatic heterocycles. The van der Waals surface area contributed by atoms with Crippen molar-refractivity contribution >= 4 is 21.5 Å². The van der Waals surface area contributed by atoms with Crippen molar-refractivity contribution in [2.75, 3.05) is 37.3 Å². The van der Waals surface area contributed by atoms with Crippen LogP contribution in [0.2, 0.25) is 0 Å². The Labute approximate surface area is 130 Å². The van der Waals surface area contributed by atoms with Gasteiger partial charge in [-0.2, -0.15) is 9.61 Å². The van der Waals surface area contributed by atoms with E-state index in [0.29, 0.717) is 19.6 Å². The predicted molar refractivity (Wildman–Crippen MR) is 85.6 cm³/mol. The quantitative estimate of drug-likeness (QED) is 0.834. The molecule has 0 radical (unpaired) electrons. The van der Waals surface area contributed by atoms with Gasteiger partial charge in [-0.05, 0) is 12.8 Å². The zero-order valence-electron chi connectivity index (χ0n) is 12.9. The van der Waals surface area contributed by atoms with E-state index in [0.717, 1.165) is 36.5 Å². The molecule has 0 amide bonds. The summed E-state index contributed by atoms with van der Waals surface area (Å²) in [5.74, 6) is 0.988. The summed E-state index contributed by atoms with van der Waals surface area (Å²) in [4.78, 5) is 6.75. The van der Waals surface area contributed by atoms with Gasteiger partial charge < -0.3 is 4.90 Å². The Morgan fingerprint density at radius 1 is 1.23 bits per heavy atom. The molecular weight excluding hydrogens is 302 g/mol. The normalized spacial score (nSPS) is 17.8. The number of hydrogen-bond donors (Lipinski definition) is 0. The third-order valence-electron chi connectivity index (χ3n) is 4.00. The van der Waals surface area contributed by atoms with Crippen molar-refractivity contribution < 1.29 is 8.42 Å². The summed E-state index contributed by atoms with van der Waals surface area (Å²) in [6, 6.07) is 3.94. The molecule has 22 heavy (non-hydrogen) atoms. The van der Waals surface area contributed by atoms with Gasteiger partial charge in [-0.3, -0.25) is 0 Å². The second-order valence-electron chi connectivity index (χ2n) is 5.56. The van der Waals surface area contributed by atoms with Crippen LogP contribution in [-0.4, -0.2) is 59.8 Å². The van der Waals surface area contributed by atoms with E-state index >= 15 is 0 Å². The van der Waals surface area contributed by atoms with E-state index in [4.69, 9.17) is 0 Å². The molecule has 0 unspecified atom stereocenters. The summed E-state index contributed by atoms with van der Waals surface area (Å²) >= 11 is 0. The van der Waals surface area contributed by atoms with Crippen molar-refractivity contribution in [3.8, 4) is 0 Å². The third-order valence-corrected chi connectivity index (χ3v) is 5.31. The van der Waals surface area contributed by atoms with E-state index in [-0.39, 0.29) is 0 Å². The highest BCUT2D eigenvalue weighted by Crippen LogP contribution is 2.20. The van der Waals surface area contributed by atoms with Crippen molar-refractivity contribution in [3.05, 3.63) is 24.0 Å². The SMILES string of the molecule is CCc1cc(N2CCCN(S(C)(=O)=O)CC2)n2nccc2n1. The van der Waals surface area contributed by atoms with Gasteiger partial charge in [0.1, 0.15) is 5.82 Å². The van der Waals surface area contributed by atoms with Crippen LogP contribution in [0.25, 0.3) is 5.65 Å². The van der Waals surface area contributed by atoms with Gasteiger partial charge in [0.15, 0.2) is 5.65 Å². The highest BCUT2D eigenvalue weighted by molar-refractivity contribution is 7.88. The molecule has 0 saturated carbocycles. The zero-order valence-corrected chi connectivity index (χ0v) is 13.8. The molecule has 0 atom stereocenters. The van der Waals surface area contributed by atoms with E-state index in [1.165, 1.54) is 6.26 Å². The first-order valence-corrected chi connectivity index (χ1v) is 9.37. The van der Waals surface area contributed by atoms with Crippen molar-refractivity contribution in [2.45, 2.75) is 19.8 Å². The molecule has 0 bridgehead atoms. The average Bonchev–Trinajstić information content (AvgIpc) is 2.79. The largest absolute Gasteiger partial charge is 0.355 e. The van der Waals surface area contributed by atoms with Gasteiger partial charge in [0, 0.05) is 44.0 Å². The monoisotopic (exact) mass is 323 g/mol. The highest BCUT2D eigenvalue weighted by Gasteiger charge is 2.23. The molecule has 1 aliphatic rings. The lowest BCUT2D eigenvalue weighted by Gasteiger charge is -2.24. The average molecular weight is 323 g/mol. The van der Waals surface area contributed by atoms with Crippen molar-refractivity contribution in [1.29, 1.82) is 0 Å². The number of sulfonamides is 1. The Morgan fingerprint density at radius 3 is 2.77 bits per heavy atom. The second-order valence-corrected chi connectivity index (χ2v) is 7.55. The predicted octanol–water partition coefficient (Wildman–Crippen LogP) is 0.763. The summed E-state index contributed by atoms with van der Waals surface area (Å²) in [7, 11) is -3.13. The molecule has 7 nitrogen and oxygen atoms in total. The van der Waals surface area contributed by atoms with Gasteiger partial charge in [0.2, 0.25) is 10.0 Å². The first kappa shape index (κ1) is 15.2. The maximum Gasteiger partial charge on any atom is 0.211 e. The zero-order chi connectivity index (χ0) is 15.7. The first-order chi connectivity index (χ1) is 10.5. The standard InChI is InChI=1S/C14H21N5O2S/c1-3-12-11-14(19-13(16-12)5-6-15-19)17-7-4-8-18(10-9-17)22(2,20)21/h5-6,11H,3-4,7-10H2,1-2H3. The molecule has 3 heterocycles. The van der Waals surface area contributed by atoms with E-state index in [9.17, 15) is 8.42 Å². The smallest absolute Gasteiger partial charge is 0.211 e. The summed E-state index contributed by atoms with van der Waals surface area (Å²) in [5, 5.41) is 4.35. The minimum Gasteiger partial charge on any atom is -0.355 e. The first-order valence-electron chi connectivity index (χ1n) is 7.53. The van der Waals surface area contributed by atoms with Gasteiger partial charge in [-0.15, -0.1) is 0 Å². The number of aromatic nitrogens is 3. The lowest BCUT2D eigenvalue weighted by molar-refractivity contribution is 0.437. The van der Waals surface area contributed by atoms with Crippen molar-refractivity contribution in [1.82, 2.24) is 18.9 Å². The number of rotatable bonds is 3. The van der Waals surface area contributed by atoms with Gasteiger partial charge in [0.25, 0.3) is 0 Å². The van der Waals surface area contributed by atoms with E-state index < -0.39 is 10.0 Å². The van der Waals surface area contributed by atoms with Crippen LogP contribution >= 0.6 is 0 Å². The Kier molecular flexibility index (Phi) is 4.05. The molecule has 8 heteroatoms. The fourth-order valence-electron chi connectivity index (χ4n) is 2.81.